The first-order valence-corrected chi connectivity index (χ1v) is 9.24. The van der Waals surface area contributed by atoms with E-state index in [0.717, 1.165) is 45.3 Å². The minimum absolute atomic E-state index is 0.135. The van der Waals surface area contributed by atoms with Gasteiger partial charge >= 0.3 is 6.03 Å². The zero-order valence-corrected chi connectivity index (χ0v) is 15.1. The molecule has 1 aromatic rings. The molecule has 25 heavy (non-hydrogen) atoms. The Kier molecular flexibility index (Phi) is 5.37. The number of likely N-dealkylation sites (tertiary alicyclic amines) is 1. The van der Waals surface area contributed by atoms with Crippen molar-refractivity contribution >= 4 is 11.9 Å². The lowest BCUT2D eigenvalue weighted by Crippen LogP contribution is -2.56. The summed E-state index contributed by atoms with van der Waals surface area (Å²) in [7, 11) is 0. The van der Waals surface area contributed by atoms with Crippen LogP contribution in [0.15, 0.2) is 24.5 Å². The van der Waals surface area contributed by atoms with Gasteiger partial charge in [-0.15, -0.1) is 0 Å². The highest BCUT2D eigenvalue weighted by Gasteiger charge is 2.51. The number of nitrogens with one attached hydrogen (secondary N) is 2. The average Bonchev–Trinajstić information content (AvgIpc) is 2.89. The van der Waals surface area contributed by atoms with Crippen molar-refractivity contribution in [2.75, 3.05) is 13.1 Å². The number of piperidine rings is 1. The normalized spacial score (nSPS) is 25.2. The molecule has 0 bridgehead atoms. The van der Waals surface area contributed by atoms with Crippen LogP contribution in [0, 0.1) is 11.8 Å². The Labute approximate surface area is 149 Å². The number of imide groups is 1. The van der Waals surface area contributed by atoms with Crippen molar-refractivity contribution in [1.29, 1.82) is 0 Å². The van der Waals surface area contributed by atoms with Crippen LogP contribution in [-0.2, 0) is 11.3 Å². The molecule has 3 rings (SSSR count). The number of hydrogen-bond donors (Lipinski definition) is 2. The van der Waals surface area contributed by atoms with Crippen LogP contribution in [0.5, 0.6) is 0 Å². The summed E-state index contributed by atoms with van der Waals surface area (Å²) in [6.07, 6.45) is 7.19. The Bertz CT molecular complexity index is 611. The van der Waals surface area contributed by atoms with Gasteiger partial charge in [-0.05, 0) is 62.2 Å². The number of pyridine rings is 1. The number of nitrogens with zero attached hydrogens (tertiary/aromatic N) is 2. The van der Waals surface area contributed by atoms with Crippen molar-refractivity contribution < 1.29 is 9.59 Å². The first-order valence-electron chi connectivity index (χ1n) is 9.24. The smallest absolute Gasteiger partial charge is 0.322 e. The molecule has 136 valence electrons. The fourth-order valence-corrected chi connectivity index (χ4v) is 4.02. The average molecular weight is 344 g/mol. The summed E-state index contributed by atoms with van der Waals surface area (Å²) in [6, 6.07) is 3.71. The molecule has 0 saturated carbocycles. The summed E-state index contributed by atoms with van der Waals surface area (Å²) in [5.41, 5.74) is 0.490. The molecule has 1 atom stereocenters. The fourth-order valence-electron chi connectivity index (χ4n) is 4.02. The van der Waals surface area contributed by atoms with E-state index in [0.29, 0.717) is 5.92 Å². The van der Waals surface area contributed by atoms with Crippen molar-refractivity contribution in [3.05, 3.63) is 30.1 Å². The summed E-state index contributed by atoms with van der Waals surface area (Å²) in [5.74, 6) is 0.569. The standard InChI is InChI=1S/C19H28N4O2/c1-14(2)5-8-19(17(24)21-18(25)22-19)16-6-10-23(11-7-16)13-15-4-3-9-20-12-15/h3-4,9,12,14,16H,5-8,10-11,13H2,1-2H3,(H2,21,22,24,25). The van der Waals surface area contributed by atoms with Crippen LogP contribution >= 0.6 is 0 Å². The van der Waals surface area contributed by atoms with Crippen LogP contribution in [0.4, 0.5) is 4.79 Å². The van der Waals surface area contributed by atoms with E-state index in [1.807, 2.05) is 12.3 Å². The van der Waals surface area contributed by atoms with Gasteiger partial charge in [-0.3, -0.25) is 20.0 Å². The van der Waals surface area contributed by atoms with Gasteiger partial charge in [0.2, 0.25) is 0 Å². The lowest BCUT2D eigenvalue weighted by Gasteiger charge is -2.41. The van der Waals surface area contributed by atoms with Gasteiger partial charge in [0.05, 0.1) is 0 Å². The summed E-state index contributed by atoms with van der Waals surface area (Å²) < 4.78 is 0. The van der Waals surface area contributed by atoms with Gasteiger partial charge in [0, 0.05) is 18.9 Å². The molecule has 2 saturated heterocycles. The van der Waals surface area contributed by atoms with Crippen LogP contribution in [0.25, 0.3) is 0 Å². The lowest BCUT2D eigenvalue weighted by molar-refractivity contribution is -0.127. The third kappa shape index (κ3) is 4.00. The van der Waals surface area contributed by atoms with Crippen molar-refractivity contribution in [2.24, 2.45) is 11.8 Å². The summed E-state index contributed by atoms with van der Waals surface area (Å²) in [6.45, 7) is 7.06. The lowest BCUT2D eigenvalue weighted by atomic mass is 9.74. The molecule has 3 amide bonds. The molecule has 6 nitrogen and oxygen atoms in total. The van der Waals surface area contributed by atoms with Gasteiger partial charge in [0.25, 0.3) is 5.91 Å². The second-order valence-electron chi connectivity index (χ2n) is 7.72. The van der Waals surface area contributed by atoms with Crippen molar-refractivity contribution in [3.63, 3.8) is 0 Å². The first kappa shape index (κ1) is 17.9. The Hall–Kier alpha value is -1.95. The van der Waals surface area contributed by atoms with E-state index in [1.54, 1.807) is 6.20 Å². The highest BCUT2D eigenvalue weighted by Crippen LogP contribution is 2.35. The maximum absolute atomic E-state index is 12.6. The molecule has 2 N–H and O–H groups in total. The van der Waals surface area contributed by atoms with E-state index in [9.17, 15) is 9.59 Å². The summed E-state index contributed by atoms with van der Waals surface area (Å²) >= 11 is 0. The molecule has 1 aromatic heterocycles. The fraction of sp³-hybridized carbons (Fsp3) is 0.632. The van der Waals surface area contributed by atoms with Crippen LogP contribution in [0.3, 0.4) is 0 Å². The van der Waals surface area contributed by atoms with Crippen LogP contribution in [0.1, 0.15) is 45.1 Å². The molecular formula is C19H28N4O2. The molecule has 2 aliphatic heterocycles. The zero-order valence-electron chi connectivity index (χ0n) is 15.1. The SMILES string of the molecule is CC(C)CCC1(C2CCN(Cc3cccnc3)CC2)NC(=O)NC1=O. The number of rotatable bonds is 6. The van der Waals surface area contributed by atoms with Gasteiger partial charge in [-0.1, -0.05) is 19.9 Å². The van der Waals surface area contributed by atoms with Crippen LogP contribution in [-0.4, -0.2) is 40.5 Å². The molecular weight excluding hydrogens is 316 g/mol. The van der Waals surface area contributed by atoms with Crippen LogP contribution < -0.4 is 10.6 Å². The highest BCUT2D eigenvalue weighted by atomic mass is 16.2. The molecule has 0 aliphatic carbocycles. The number of hydrogen-bond acceptors (Lipinski definition) is 4. The van der Waals surface area contributed by atoms with Gasteiger partial charge in [0.1, 0.15) is 5.54 Å². The van der Waals surface area contributed by atoms with Crippen molar-refractivity contribution in [1.82, 2.24) is 20.5 Å². The number of carbonyl (C=O) groups excluding carboxylic acids is 2. The van der Waals surface area contributed by atoms with E-state index < -0.39 is 5.54 Å². The second kappa shape index (κ2) is 7.52. The van der Waals surface area contributed by atoms with E-state index in [1.165, 1.54) is 5.56 Å². The summed E-state index contributed by atoms with van der Waals surface area (Å²) in [4.78, 5) is 30.9. The van der Waals surface area contributed by atoms with Crippen LogP contribution in [0.2, 0.25) is 0 Å². The van der Waals surface area contributed by atoms with E-state index in [-0.39, 0.29) is 17.9 Å². The van der Waals surface area contributed by atoms with Gasteiger partial charge in [-0.25, -0.2) is 4.79 Å². The molecule has 1 unspecified atom stereocenters. The molecule has 0 aromatic carbocycles. The number of carbonyl (C=O) groups is 2. The number of urea groups is 1. The Morgan fingerprint density at radius 1 is 1.32 bits per heavy atom. The van der Waals surface area contributed by atoms with Gasteiger partial charge in [-0.2, -0.15) is 0 Å². The van der Waals surface area contributed by atoms with Gasteiger partial charge in [0.15, 0.2) is 0 Å². The predicted molar refractivity (Wildman–Crippen MR) is 95.7 cm³/mol. The molecule has 0 spiro atoms. The molecule has 3 heterocycles. The first-order chi connectivity index (χ1) is 12.0. The Balaban J connectivity index is 1.64. The third-order valence-electron chi connectivity index (χ3n) is 5.50. The quantitative estimate of drug-likeness (QED) is 0.777. The predicted octanol–water partition coefficient (Wildman–Crippen LogP) is 2.31. The molecule has 0 radical (unpaired) electrons. The number of amides is 3. The summed E-state index contributed by atoms with van der Waals surface area (Å²) in [5, 5.41) is 5.45. The van der Waals surface area contributed by atoms with Crippen molar-refractivity contribution in [2.45, 2.75) is 51.6 Å². The Morgan fingerprint density at radius 3 is 2.64 bits per heavy atom. The second-order valence-corrected chi connectivity index (χ2v) is 7.72. The Morgan fingerprint density at radius 2 is 2.08 bits per heavy atom. The molecule has 2 aliphatic rings. The minimum Gasteiger partial charge on any atom is -0.323 e. The zero-order chi connectivity index (χ0) is 17.9. The largest absolute Gasteiger partial charge is 0.323 e. The monoisotopic (exact) mass is 344 g/mol. The van der Waals surface area contributed by atoms with E-state index >= 15 is 0 Å². The van der Waals surface area contributed by atoms with Crippen molar-refractivity contribution in [3.8, 4) is 0 Å². The topological polar surface area (TPSA) is 74.3 Å². The maximum atomic E-state index is 12.6. The van der Waals surface area contributed by atoms with Gasteiger partial charge < -0.3 is 5.32 Å². The highest BCUT2D eigenvalue weighted by molar-refractivity contribution is 6.07. The van der Waals surface area contributed by atoms with E-state index in [4.69, 9.17) is 0 Å². The third-order valence-corrected chi connectivity index (χ3v) is 5.50. The molecule has 2 fully saturated rings. The van der Waals surface area contributed by atoms with E-state index in [2.05, 4.69) is 40.4 Å². The maximum Gasteiger partial charge on any atom is 0.322 e. The minimum atomic E-state index is -0.720. The molecule has 6 heteroatoms. The number of aromatic nitrogens is 1.